The summed E-state index contributed by atoms with van der Waals surface area (Å²) in [4.78, 5) is 0. The van der Waals surface area contributed by atoms with Gasteiger partial charge < -0.3 is 5.32 Å². The molecule has 2 aromatic rings. The zero-order valence-electron chi connectivity index (χ0n) is 12.6. The molecule has 0 aliphatic heterocycles. The number of aromatic nitrogens is 2. The second-order valence-electron chi connectivity index (χ2n) is 5.69. The zero-order chi connectivity index (χ0) is 14.7. The molecule has 2 rings (SSSR count). The van der Waals surface area contributed by atoms with Crippen molar-refractivity contribution in [3.05, 3.63) is 45.7 Å². The molecule has 0 saturated carbocycles. The lowest BCUT2D eigenvalue weighted by atomic mass is 10.1. The molecule has 0 unspecified atom stereocenters. The van der Waals surface area contributed by atoms with Crippen LogP contribution in [0.3, 0.4) is 0 Å². The number of aryl methyl sites for hydroxylation is 2. The number of rotatable bonds is 5. The Kier molecular flexibility index (Phi) is 5.00. The van der Waals surface area contributed by atoms with Crippen LogP contribution in [0.5, 0.6) is 0 Å². The highest BCUT2D eigenvalue weighted by Crippen LogP contribution is 2.26. The van der Waals surface area contributed by atoms with Gasteiger partial charge in [-0.3, -0.25) is 0 Å². The van der Waals surface area contributed by atoms with Gasteiger partial charge in [-0.1, -0.05) is 19.9 Å². The van der Waals surface area contributed by atoms with Gasteiger partial charge in [0.1, 0.15) is 0 Å². The van der Waals surface area contributed by atoms with Crippen molar-refractivity contribution in [2.24, 2.45) is 5.92 Å². The Balaban J connectivity index is 2.17. The highest BCUT2D eigenvalue weighted by atomic mass is 79.9. The van der Waals surface area contributed by atoms with Crippen molar-refractivity contribution in [1.29, 1.82) is 0 Å². The minimum atomic E-state index is 0.658. The molecule has 0 bridgehead atoms. The summed E-state index contributed by atoms with van der Waals surface area (Å²) in [5.74, 6) is 0.658. The fourth-order valence-corrected chi connectivity index (χ4v) is 3.12. The summed E-state index contributed by atoms with van der Waals surface area (Å²) in [6.45, 7) is 10.5. The summed E-state index contributed by atoms with van der Waals surface area (Å²) in [5.41, 5.74) is 4.66. The summed E-state index contributed by atoms with van der Waals surface area (Å²) in [6.07, 6.45) is 2.02. The van der Waals surface area contributed by atoms with Crippen molar-refractivity contribution in [3.8, 4) is 5.69 Å². The van der Waals surface area contributed by atoms with Gasteiger partial charge in [0.25, 0.3) is 0 Å². The van der Waals surface area contributed by atoms with Crippen LogP contribution in [-0.2, 0) is 6.54 Å². The third-order valence-corrected chi connectivity index (χ3v) is 3.73. The topological polar surface area (TPSA) is 29.9 Å². The first-order valence-electron chi connectivity index (χ1n) is 6.99. The van der Waals surface area contributed by atoms with E-state index in [0.717, 1.165) is 28.9 Å². The lowest BCUT2D eigenvalue weighted by molar-refractivity contribution is 0.546. The summed E-state index contributed by atoms with van der Waals surface area (Å²) in [7, 11) is 0. The van der Waals surface area contributed by atoms with Gasteiger partial charge in [-0.2, -0.15) is 5.10 Å². The Morgan fingerprint density at radius 3 is 2.70 bits per heavy atom. The fourth-order valence-electron chi connectivity index (χ4n) is 2.27. The molecule has 0 radical (unpaired) electrons. The third-order valence-electron chi connectivity index (χ3n) is 3.13. The quantitative estimate of drug-likeness (QED) is 0.894. The van der Waals surface area contributed by atoms with Gasteiger partial charge >= 0.3 is 0 Å². The van der Waals surface area contributed by atoms with Crippen LogP contribution in [0.2, 0.25) is 0 Å². The van der Waals surface area contributed by atoms with Gasteiger partial charge in [-0.25, -0.2) is 4.68 Å². The van der Waals surface area contributed by atoms with Crippen molar-refractivity contribution >= 4 is 15.9 Å². The Hall–Kier alpha value is -1.13. The van der Waals surface area contributed by atoms with Crippen LogP contribution < -0.4 is 5.32 Å². The van der Waals surface area contributed by atoms with E-state index in [1.807, 2.05) is 10.9 Å². The maximum absolute atomic E-state index is 4.65. The van der Waals surface area contributed by atoms with Crippen molar-refractivity contribution in [2.45, 2.75) is 34.2 Å². The van der Waals surface area contributed by atoms with E-state index in [0.29, 0.717) is 5.92 Å². The molecule has 0 aliphatic carbocycles. The smallest absolute Gasteiger partial charge is 0.0816 e. The third kappa shape index (κ3) is 3.70. The average molecular weight is 336 g/mol. The summed E-state index contributed by atoms with van der Waals surface area (Å²) >= 11 is 3.64. The van der Waals surface area contributed by atoms with Crippen LogP contribution in [0.4, 0.5) is 0 Å². The molecular weight excluding hydrogens is 314 g/mol. The number of benzene rings is 1. The van der Waals surface area contributed by atoms with Gasteiger partial charge in [0.05, 0.1) is 11.4 Å². The van der Waals surface area contributed by atoms with E-state index in [2.05, 4.69) is 72.2 Å². The summed E-state index contributed by atoms with van der Waals surface area (Å²) in [5, 5.41) is 8.07. The van der Waals surface area contributed by atoms with Crippen LogP contribution in [0, 0.1) is 19.8 Å². The van der Waals surface area contributed by atoms with Crippen molar-refractivity contribution < 1.29 is 0 Å². The predicted octanol–water partition coefficient (Wildman–Crippen LogP) is 4.00. The van der Waals surface area contributed by atoms with Crippen LogP contribution in [0.1, 0.15) is 30.7 Å². The Labute approximate surface area is 129 Å². The van der Waals surface area contributed by atoms with Crippen LogP contribution in [0.25, 0.3) is 5.69 Å². The van der Waals surface area contributed by atoms with Crippen molar-refractivity contribution in [2.75, 3.05) is 6.54 Å². The molecule has 0 atom stereocenters. The normalized spacial score (nSPS) is 11.3. The molecule has 0 amide bonds. The first-order chi connectivity index (χ1) is 9.47. The molecule has 1 N–H and O–H groups in total. The number of hydrogen-bond acceptors (Lipinski definition) is 2. The largest absolute Gasteiger partial charge is 0.311 e. The number of halogens is 1. The monoisotopic (exact) mass is 335 g/mol. The van der Waals surface area contributed by atoms with E-state index in [1.54, 1.807) is 0 Å². The standard InChI is InChI=1S/C16H22BrN3/c1-11(2)9-18-10-14-5-6-20(19-14)16-13(4)7-12(3)8-15(16)17/h5-8,11,18H,9-10H2,1-4H3. The van der Waals surface area contributed by atoms with Crippen molar-refractivity contribution in [1.82, 2.24) is 15.1 Å². The van der Waals surface area contributed by atoms with E-state index < -0.39 is 0 Å². The van der Waals surface area contributed by atoms with Crippen LogP contribution in [0.15, 0.2) is 28.9 Å². The molecule has 20 heavy (non-hydrogen) atoms. The zero-order valence-corrected chi connectivity index (χ0v) is 14.2. The van der Waals surface area contributed by atoms with E-state index in [9.17, 15) is 0 Å². The van der Waals surface area contributed by atoms with E-state index >= 15 is 0 Å². The Morgan fingerprint density at radius 2 is 2.05 bits per heavy atom. The van der Waals surface area contributed by atoms with E-state index in [4.69, 9.17) is 0 Å². The Morgan fingerprint density at radius 1 is 1.30 bits per heavy atom. The van der Waals surface area contributed by atoms with Crippen LogP contribution >= 0.6 is 15.9 Å². The maximum Gasteiger partial charge on any atom is 0.0816 e. The first kappa shape index (κ1) is 15.3. The number of hydrogen-bond donors (Lipinski definition) is 1. The summed E-state index contributed by atoms with van der Waals surface area (Å²) < 4.78 is 3.03. The van der Waals surface area contributed by atoms with Crippen LogP contribution in [-0.4, -0.2) is 16.3 Å². The second-order valence-corrected chi connectivity index (χ2v) is 6.54. The van der Waals surface area contributed by atoms with Gasteiger partial charge in [0.15, 0.2) is 0 Å². The second kappa shape index (κ2) is 6.55. The molecule has 1 aromatic heterocycles. The molecule has 3 nitrogen and oxygen atoms in total. The minimum absolute atomic E-state index is 0.658. The number of nitrogens with one attached hydrogen (secondary N) is 1. The highest BCUT2D eigenvalue weighted by molar-refractivity contribution is 9.10. The maximum atomic E-state index is 4.65. The molecule has 108 valence electrons. The number of nitrogens with zero attached hydrogens (tertiary/aromatic N) is 2. The lowest BCUT2D eigenvalue weighted by Gasteiger charge is -2.10. The van der Waals surface area contributed by atoms with Gasteiger partial charge in [0.2, 0.25) is 0 Å². The molecular formula is C16H22BrN3. The lowest BCUT2D eigenvalue weighted by Crippen LogP contribution is -2.19. The van der Waals surface area contributed by atoms with Gasteiger partial charge in [0, 0.05) is 17.2 Å². The predicted molar refractivity (Wildman–Crippen MR) is 87.3 cm³/mol. The molecule has 0 fully saturated rings. The highest BCUT2D eigenvalue weighted by Gasteiger charge is 2.09. The Bertz CT molecular complexity index is 564. The first-order valence-corrected chi connectivity index (χ1v) is 7.79. The molecule has 1 aromatic carbocycles. The molecule has 1 heterocycles. The average Bonchev–Trinajstić information content (AvgIpc) is 2.75. The summed E-state index contributed by atoms with van der Waals surface area (Å²) in [6, 6.07) is 6.37. The molecule has 4 heteroatoms. The van der Waals surface area contributed by atoms with E-state index in [1.165, 1.54) is 11.1 Å². The molecule has 0 aliphatic rings. The van der Waals surface area contributed by atoms with Gasteiger partial charge in [-0.05, 0) is 65.5 Å². The van der Waals surface area contributed by atoms with Crippen molar-refractivity contribution in [3.63, 3.8) is 0 Å². The van der Waals surface area contributed by atoms with E-state index in [-0.39, 0.29) is 0 Å². The molecule has 0 spiro atoms. The fraction of sp³-hybridized carbons (Fsp3) is 0.438. The molecule has 0 saturated heterocycles. The SMILES string of the molecule is Cc1cc(C)c(-n2ccc(CNCC(C)C)n2)c(Br)c1. The van der Waals surface area contributed by atoms with Gasteiger partial charge in [-0.15, -0.1) is 0 Å². The minimum Gasteiger partial charge on any atom is -0.311 e.